The summed E-state index contributed by atoms with van der Waals surface area (Å²) in [6.45, 7) is 14.2. The number of hydrogen-bond donors (Lipinski definition) is 3. The van der Waals surface area contributed by atoms with Gasteiger partial charge in [-0.15, -0.1) is 0 Å². The minimum absolute atomic E-state index is 0.104. The minimum Gasteiger partial charge on any atom is -0.462 e. The molecule has 0 aromatic carbocycles. The molecule has 7 atom stereocenters. The number of phosphoric ester groups is 2. The van der Waals surface area contributed by atoms with Crippen LogP contribution in [0.2, 0.25) is 0 Å². The summed E-state index contributed by atoms with van der Waals surface area (Å²) in [5, 5.41) is 10.6. The van der Waals surface area contributed by atoms with E-state index in [9.17, 15) is 43.2 Å². The van der Waals surface area contributed by atoms with E-state index < -0.39 is 97.5 Å². The molecule has 0 aromatic rings. The molecule has 0 aliphatic carbocycles. The van der Waals surface area contributed by atoms with Crippen molar-refractivity contribution in [3.63, 3.8) is 0 Å². The van der Waals surface area contributed by atoms with Crippen molar-refractivity contribution in [3.05, 3.63) is 0 Å². The van der Waals surface area contributed by atoms with Crippen LogP contribution in [0.15, 0.2) is 0 Å². The fourth-order valence-corrected chi connectivity index (χ4v) is 13.2. The highest BCUT2D eigenvalue weighted by Gasteiger charge is 2.30. The topological polar surface area (TPSA) is 237 Å². The van der Waals surface area contributed by atoms with E-state index in [1.165, 1.54) is 193 Å². The lowest BCUT2D eigenvalue weighted by molar-refractivity contribution is -0.161. The lowest BCUT2D eigenvalue weighted by atomic mass is 9.99. The molecular weight excluding hydrogens is 1260 g/mol. The van der Waals surface area contributed by atoms with Gasteiger partial charge in [0.25, 0.3) is 0 Å². The van der Waals surface area contributed by atoms with Gasteiger partial charge in [-0.25, -0.2) is 9.13 Å². The van der Waals surface area contributed by atoms with E-state index in [1.54, 1.807) is 0 Å². The van der Waals surface area contributed by atoms with Gasteiger partial charge in [-0.3, -0.25) is 37.3 Å². The van der Waals surface area contributed by atoms with E-state index in [4.69, 9.17) is 37.0 Å². The molecule has 0 saturated heterocycles. The molecule has 0 aliphatic heterocycles. The van der Waals surface area contributed by atoms with E-state index in [-0.39, 0.29) is 25.7 Å². The van der Waals surface area contributed by atoms with Crippen LogP contribution >= 0.6 is 15.6 Å². The third-order valence-corrected chi connectivity index (χ3v) is 20.4. The Morgan fingerprint density at radius 3 is 0.740 bits per heavy atom. The first-order valence-corrected chi connectivity index (χ1v) is 42.8. The SMILES string of the molecule is CCC(C)CCCCCCCCCCC(=O)OC[C@H](COP(=O)(O)OC[C@H](O)COP(=O)(O)OC[C@@H](COC(=O)CCCCCCCCCCCCCC(C)C)OC(=O)CCCCCCCCCCCCCCCCCC(C)C)OC(=O)CCCCCCCCCCC(C)CC. The van der Waals surface area contributed by atoms with Gasteiger partial charge in [-0.2, -0.15) is 0 Å². The van der Waals surface area contributed by atoms with Gasteiger partial charge >= 0.3 is 39.5 Å². The molecule has 0 bridgehead atoms. The second-order valence-electron chi connectivity index (χ2n) is 29.2. The minimum atomic E-state index is -4.96. The fraction of sp³-hybridized carbons (Fsp3) is 0.948. The van der Waals surface area contributed by atoms with Crippen LogP contribution < -0.4 is 0 Å². The van der Waals surface area contributed by atoms with E-state index in [1.807, 2.05) is 0 Å². The van der Waals surface area contributed by atoms with Crippen molar-refractivity contribution in [2.45, 2.75) is 408 Å². The summed E-state index contributed by atoms with van der Waals surface area (Å²) in [5.74, 6) is 1.00. The number of carbonyl (C=O) groups is 4. The molecular formula is C77H150O17P2. The molecule has 0 aromatic heterocycles. The lowest BCUT2D eigenvalue weighted by Gasteiger charge is -2.21. The molecule has 570 valence electrons. The van der Waals surface area contributed by atoms with Gasteiger partial charge in [0.05, 0.1) is 26.4 Å². The third kappa shape index (κ3) is 67.9. The molecule has 0 heterocycles. The largest absolute Gasteiger partial charge is 0.472 e. The predicted molar refractivity (Wildman–Crippen MR) is 391 cm³/mol. The smallest absolute Gasteiger partial charge is 0.462 e. The molecule has 0 amide bonds. The summed E-state index contributed by atoms with van der Waals surface area (Å²) in [6, 6.07) is 0. The van der Waals surface area contributed by atoms with Crippen molar-refractivity contribution in [1.29, 1.82) is 0 Å². The fourth-order valence-electron chi connectivity index (χ4n) is 11.7. The summed E-state index contributed by atoms with van der Waals surface area (Å²) in [6.07, 6.45) is 51.2. The molecule has 3 N–H and O–H groups in total. The van der Waals surface area contributed by atoms with Crippen LogP contribution in [0.1, 0.15) is 389 Å². The highest BCUT2D eigenvalue weighted by atomic mass is 31.2. The monoisotopic (exact) mass is 1410 g/mol. The predicted octanol–water partition coefficient (Wildman–Crippen LogP) is 22.4. The van der Waals surface area contributed by atoms with Gasteiger partial charge < -0.3 is 33.8 Å². The first kappa shape index (κ1) is 94.1. The van der Waals surface area contributed by atoms with Gasteiger partial charge in [-0.05, 0) is 49.4 Å². The van der Waals surface area contributed by atoms with Crippen LogP contribution in [0.4, 0.5) is 0 Å². The molecule has 0 spiro atoms. The molecule has 17 nitrogen and oxygen atoms in total. The Balaban J connectivity index is 5.27. The average Bonchev–Trinajstić information content (AvgIpc) is 1.08. The number of unbranched alkanes of at least 4 members (excludes halogenated alkanes) is 38. The third-order valence-electron chi connectivity index (χ3n) is 18.5. The highest BCUT2D eigenvalue weighted by molar-refractivity contribution is 7.47. The van der Waals surface area contributed by atoms with Gasteiger partial charge in [0, 0.05) is 25.7 Å². The molecule has 0 fully saturated rings. The maximum Gasteiger partial charge on any atom is 0.472 e. The standard InChI is InChI=1S/C77H150O17P2/c1-9-69(7)55-47-39-31-25-27-34-42-50-58-75(80)88-64-73(94-77(82)60-52-44-36-28-26-32-40-48-56-70(8)10-2)66-92-96(85,86)90-62-71(78)61-89-95(83,84)91-65-72(63-87-74(79)57-49-41-33-23-20-16-18-22-30-38-46-54-68(5)6)93-76(81)59-51-43-35-24-19-15-13-11-12-14-17-21-29-37-45-53-67(3)4/h67-73,78H,9-66H2,1-8H3,(H,83,84)(H,85,86)/t69?,70?,71-,72-,73-/m1/s1. The number of esters is 4. The van der Waals surface area contributed by atoms with Crippen molar-refractivity contribution in [1.82, 2.24) is 0 Å². The molecule has 0 aliphatic rings. The highest BCUT2D eigenvalue weighted by Crippen LogP contribution is 2.45. The number of rotatable bonds is 74. The van der Waals surface area contributed by atoms with E-state index in [0.717, 1.165) is 114 Å². The summed E-state index contributed by atoms with van der Waals surface area (Å²) >= 11 is 0. The van der Waals surface area contributed by atoms with E-state index >= 15 is 0 Å². The van der Waals surface area contributed by atoms with Crippen LogP contribution in [-0.4, -0.2) is 96.7 Å². The lowest BCUT2D eigenvalue weighted by Crippen LogP contribution is -2.30. The zero-order chi connectivity index (χ0) is 71.0. The number of ether oxygens (including phenoxy) is 4. The molecule has 4 unspecified atom stereocenters. The summed E-state index contributed by atoms with van der Waals surface area (Å²) in [7, 11) is -9.92. The number of carbonyl (C=O) groups excluding carboxylic acids is 4. The normalized spacial score (nSPS) is 14.7. The zero-order valence-electron chi connectivity index (χ0n) is 63.0. The van der Waals surface area contributed by atoms with Crippen molar-refractivity contribution in [3.8, 4) is 0 Å². The van der Waals surface area contributed by atoms with Crippen molar-refractivity contribution in [2.75, 3.05) is 39.6 Å². The van der Waals surface area contributed by atoms with Crippen LogP contribution in [0.25, 0.3) is 0 Å². The average molecular weight is 1410 g/mol. The second-order valence-corrected chi connectivity index (χ2v) is 32.1. The first-order chi connectivity index (χ1) is 46.2. The van der Waals surface area contributed by atoms with Crippen LogP contribution in [-0.2, 0) is 65.4 Å². The zero-order valence-corrected chi connectivity index (χ0v) is 64.8. The maximum absolute atomic E-state index is 13.1. The Bertz CT molecular complexity index is 1890. The Hall–Kier alpha value is -1.94. The Kier molecular flexibility index (Phi) is 65.0. The van der Waals surface area contributed by atoms with Crippen molar-refractivity contribution in [2.24, 2.45) is 23.7 Å². The number of hydrogen-bond acceptors (Lipinski definition) is 15. The van der Waals surface area contributed by atoms with Gasteiger partial charge in [0.1, 0.15) is 19.3 Å². The number of aliphatic hydroxyl groups excluding tert-OH is 1. The quantitative estimate of drug-likeness (QED) is 0.0222. The summed E-state index contributed by atoms with van der Waals surface area (Å²) in [4.78, 5) is 72.9. The van der Waals surface area contributed by atoms with Crippen molar-refractivity contribution >= 4 is 39.5 Å². The molecule has 96 heavy (non-hydrogen) atoms. The maximum atomic E-state index is 13.1. The summed E-state index contributed by atoms with van der Waals surface area (Å²) in [5.41, 5.74) is 0. The summed E-state index contributed by atoms with van der Waals surface area (Å²) < 4.78 is 68.6. The van der Waals surface area contributed by atoms with E-state index in [0.29, 0.717) is 25.7 Å². The Morgan fingerprint density at radius 2 is 0.500 bits per heavy atom. The first-order valence-electron chi connectivity index (χ1n) is 39.8. The molecule has 0 saturated carbocycles. The number of aliphatic hydroxyl groups is 1. The van der Waals surface area contributed by atoms with Gasteiger partial charge in [0.15, 0.2) is 12.2 Å². The molecule has 19 heteroatoms. The van der Waals surface area contributed by atoms with Crippen molar-refractivity contribution < 1.29 is 80.2 Å². The van der Waals surface area contributed by atoms with Gasteiger partial charge in [0.2, 0.25) is 0 Å². The number of phosphoric acid groups is 2. The van der Waals surface area contributed by atoms with Gasteiger partial charge in [-0.1, -0.05) is 338 Å². The molecule has 0 rings (SSSR count). The Labute approximate surface area is 588 Å². The van der Waals surface area contributed by atoms with Crippen LogP contribution in [0.3, 0.4) is 0 Å². The van der Waals surface area contributed by atoms with Crippen LogP contribution in [0, 0.1) is 23.7 Å². The molecule has 0 radical (unpaired) electrons. The Morgan fingerprint density at radius 1 is 0.292 bits per heavy atom. The van der Waals surface area contributed by atoms with E-state index in [2.05, 4.69) is 55.4 Å². The van der Waals surface area contributed by atoms with Crippen LogP contribution in [0.5, 0.6) is 0 Å². The second kappa shape index (κ2) is 66.3.